The van der Waals surface area contributed by atoms with E-state index in [0.717, 1.165) is 28.5 Å². The number of hydrogen-bond acceptors (Lipinski definition) is 7. The molecular weight excluding hydrogens is 464 g/mol. The molecule has 11 heteroatoms. The lowest BCUT2D eigenvalue weighted by Gasteiger charge is -2.36. The molecule has 172 valence electrons. The Bertz CT molecular complexity index is 1120. The predicted molar refractivity (Wildman–Crippen MR) is 128 cm³/mol. The number of hydrogen-bond donors (Lipinski definition) is 2. The van der Waals surface area contributed by atoms with Gasteiger partial charge in [0.15, 0.2) is 10.7 Å². The van der Waals surface area contributed by atoms with Crippen LogP contribution in [-0.2, 0) is 6.54 Å². The van der Waals surface area contributed by atoms with Crippen molar-refractivity contribution in [3.05, 3.63) is 64.8 Å². The van der Waals surface area contributed by atoms with E-state index in [1.165, 1.54) is 0 Å². The zero-order chi connectivity index (χ0) is 23.2. The fraction of sp³-hybridized carbons (Fsp3) is 0.273. The Morgan fingerprint density at radius 2 is 1.88 bits per heavy atom. The molecule has 2 aromatic carbocycles. The SMILES string of the molecule is COc1ccc(CNC(=O)c2nnsc2NC(=O)N2CCN(c3cccc(Cl)c3)CC2)cc1. The van der Waals surface area contributed by atoms with Crippen molar-refractivity contribution in [2.45, 2.75) is 6.54 Å². The highest BCUT2D eigenvalue weighted by Crippen LogP contribution is 2.22. The molecule has 2 heterocycles. The minimum Gasteiger partial charge on any atom is -0.497 e. The van der Waals surface area contributed by atoms with Crippen molar-refractivity contribution in [1.82, 2.24) is 19.8 Å². The summed E-state index contributed by atoms with van der Waals surface area (Å²) < 4.78 is 8.97. The molecule has 1 saturated heterocycles. The largest absolute Gasteiger partial charge is 0.497 e. The van der Waals surface area contributed by atoms with E-state index in [4.69, 9.17) is 16.3 Å². The number of carbonyl (C=O) groups excluding carboxylic acids is 2. The van der Waals surface area contributed by atoms with Crippen molar-refractivity contribution >= 4 is 45.8 Å². The molecule has 2 N–H and O–H groups in total. The molecule has 4 rings (SSSR count). The minimum atomic E-state index is -0.402. The number of aromatic nitrogens is 2. The van der Waals surface area contributed by atoms with Crippen LogP contribution in [0.15, 0.2) is 48.5 Å². The third kappa shape index (κ3) is 5.71. The summed E-state index contributed by atoms with van der Waals surface area (Å²) in [6.07, 6.45) is 0. The van der Waals surface area contributed by atoms with Gasteiger partial charge in [0.05, 0.1) is 7.11 Å². The van der Waals surface area contributed by atoms with Gasteiger partial charge < -0.3 is 19.9 Å². The number of amides is 3. The van der Waals surface area contributed by atoms with Crippen LogP contribution in [-0.4, -0.2) is 59.7 Å². The second-order valence-corrected chi connectivity index (χ2v) is 8.56. The first kappa shape index (κ1) is 22.8. The van der Waals surface area contributed by atoms with Crippen molar-refractivity contribution in [3.8, 4) is 5.75 Å². The second-order valence-electron chi connectivity index (χ2n) is 7.37. The normalized spacial score (nSPS) is 13.5. The molecule has 3 aromatic rings. The maximum atomic E-state index is 12.8. The highest BCUT2D eigenvalue weighted by Gasteiger charge is 2.24. The molecule has 33 heavy (non-hydrogen) atoms. The Hall–Kier alpha value is -3.37. The fourth-order valence-corrected chi connectivity index (χ4v) is 4.19. The quantitative estimate of drug-likeness (QED) is 0.553. The van der Waals surface area contributed by atoms with Gasteiger partial charge in [-0.05, 0) is 35.9 Å². The van der Waals surface area contributed by atoms with E-state index in [1.54, 1.807) is 12.0 Å². The molecular formula is C22H23ClN6O3S. The molecule has 3 amide bonds. The smallest absolute Gasteiger partial charge is 0.322 e. The molecule has 1 aliphatic rings. The predicted octanol–water partition coefficient (Wildman–Crippen LogP) is 3.48. The van der Waals surface area contributed by atoms with Gasteiger partial charge in [-0.15, -0.1) is 5.10 Å². The van der Waals surface area contributed by atoms with Gasteiger partial charge in [-0.25, -0.2) is 4.79 Å². The van der Waals surface area contributed by atoms with Crippen LogP contribution in [0, 0.1) is 0 Å². The van der Waals surface area contributed by atoms with E-state index >= 15 is 0 Å². The van der Waals surface area contributed by atoms with E-state index in [2.05, 4.69) is 25.1 Å². The lowest BCUT2D eigenvalue weighted by atomic mass is 10.2. The standard InChI is InChI=1S/C22H23ClN6O3S/c1-32-18-7-5-15(6-8-18)14-24-20(30)19-21(33-27-26-19)25-22(31)29-11-9-28(10-12-29)17-4-2-3-16(23)13-17/h2-8,13H,9-12,14H2,1H3,(H,24,30)(H,25,31). The zero-order valence-corrected chi connectivity index (χ0v) is 19.5. The monoisotopic (exact) mass is 486 g/mol. The number of urea groups is 1. The highest BCUT2D eigenvalue weighted by molar-refractivity contribution is 7.10. The number of carbonyl (C=O) groups is 2. The van der Waals surface area contributed by atoms with Crippen LogP contribution in [0.25, 0.3) is 0 Å². The lowest BCUT2D eigenvalue weighted by molar-refractivity contribution is 0.0946. The molecule has 0 atom stereocenters. The van der Waals surface area contributed by atoms with Gasteiger partial charge in [0.25, 0.3) is 5.91 Å². The van der Waals surface area contributed by atoms with E-state index in [9.17, 15) is 9.59 Å². The summed E-state index contributed by atoms with van der Waals surface area (Å²) in [6, 6.07) is 14.8. The number of piperazine rings is 1. The van der Waals surface area contributed by atoms with Crippen molar-refractivity contribution in [2.75, 3.05) is 43.5 Å². The van der Waals surface area contributed by atoms with Crippen LogP contribution in [0.4, 0.5) is 15.5 Å². The number of ether oxygens (including phenoxy) is 1. The Kier molecular flexibility index (Phi) is 7.26. The number of rotatable bonds is 6. The molecule has 0 saturated carbocycles. The molecule has 1 aromatic heterocycles. The first-order valence-corrected chi connectivity index (χ1v) is 11.5. The molecule has 0 unspecified atom stereocenters. The van der Waals surface area contributed by atoms with Gasteiger partial charge in [0.2, 0.25) is 0 Å². The fourth-order valence-electron chi connectivity index (χ4n) is 3.45. The maximum Gasteiger partial charge on any atom is 0.322 e. The summed E-state index contributed by atoms with van der Waals surface area (Å²) in [5.41, 5.74) is 2.04. The van der Waals surface area contributed by atoms with E-state index in [1.807, 2.05) is 48.5 Å². The van der Waals surface area contributed by atoms with Gasteiger partial charge in [0.1, 0.15) is 5.75 Å². The van der Waals surface area contributed by atoms with Gasteiger partial charge >= 0.3 is 6.03 Å². The summed E-state index contributed by atoms with van der Waals surface area (Å²) in [5.74, 6) is 0.341. The number of nitrogens with one attached hydrogen (secondary N) is 2. The molecule has 0 bridgehead atoms. The minimum absolute atomic E-state index is 0.0967. The number of nitrogens with zero attached hydrogens (tertiary/aromatic N) is 4. The summed E-state index contributed by atoms with van der Waals surface area (Å²) >= 11 is 7.06. The highest BCUT2D eigenvalue weighted by atomic mass is 35.5. The Morgan fingerprint density at radius 3 is 2.58 bits per heavy atom. The Morgan fingerprint density at radius 1 is 1.12 bits per heavy atom. The van der Waals surface area contributed by atoms with Gasteiger partial charge in [-0.3, -0.25) is 10.1 Å². The van der Waals surface area contributed by atoms with Crippen molar-refractivity contribution in [2.24, 2.45) is 0 Å². The van der Waals surface area contributed by atoms with E-state index in [0.29, 0.717) is 42.7 Å². The average molecular weight is 487 g/mol. The first-order chi connectivity index (χ1) is 16.0. The van der Waals surface area contributed by atoms with Gasteiger partial charge in [0, 0.05) is 55.0 Å². The average Bonchev–Trinajstić information content (AvgIpc) is 3.31. The van der Waals surface area contributed by atoms with E-state index in [-0.39, 0.29) is 11.7 Å². The zero-order valence-electron chi connectivity index (χ0n) is 18.0. The third-order valence-corrected chi connectivity index (χ3v) is 6.15. The summed E-state index contributed by atoms with van der Waals surface area (Å²) in [6.45, 7) is 2.78. The first-order valence-electron chi connectivity index (χ1n) is 10.3. The lowest BCUT2D eigenvalue weighted by Crippen LogP contribution is -2.50. The molecule has 0 spiro atoms. The molecule has 1 fully saturated rings. The van der Waals surface area contributed by atoms with Crippen molar-refractivity contribution < 1.29 is 14.3 Å². The maximum absolute atomic E-state index is 12.8. The summed E-state index contributed by atoms with van der Waals surface area (Å²) in [7, 11) is 1.60. The number of anilines is 2. The van der Waals surface area contributed by atoms with Crippen LogP contribution < -0.4 is 20.3 Å². The number of benzene rings is 2. The Balaban J connectivity index is 1.30. The molecule has 1 aliphatic heterocycles. The molecule has 0 aliphatic carbocycles. The van der Waals surface area contributed by atoms with Crippen LogP contribution >= 0.6 is 23.1 Å². The summed E-state index contributed by atoms with van der Waals surface area (Å²) in [5, 5.41) is 10.5. The van der Waals surface area contributed by atoms with Crippen LogP contribution in [0.5, 0.6) is 5.75 Å². The molecule has 0 radical (unpaired) electrons. The van der Waals surface area contributed by atoms with E-state index < -0.39 is 5.91 Å². The van der Waals surface area contributed by atoms with Crippen molar-refractivity contribution in [1.29, 1.82) is 0 Å². The topological polar surface area (TPSA) is 99.7 Å². The van der Waals surface area contributed by atoms with Gasteiger partial charge in [-0.2, -0.15) is 0 Å². The second kappa shape index (κ2) is 10.5. The van der Waals surface area contributed by atoms with Crippen LogP contribution in [0.3, 0.4) is 0 Å². The Labute approximate surface area is 200 Å². The number of halogens is 1. The number of methoxy groups -OCH3 is 1. The van der Waals surface area contributed by atoms with Crippen LogP contribution in [0.1, 0.15) is 16.1 Å². The van der Waals surface area contributed by atoms with Gasteiger partial charge in [-0.1, -0.05) is 34.3 Å². The third-order valence-electron chi connectivity index (χ3n) is 5.28. The molecule has 9 nitrogen and oxygen atoms in total. The van der Waals surface area contributed by atoms with Crippen molar-refractivity contribution in [3.63, 3.8) is 0 Å². The van der Waals surface area contributed by atoms with Crippen LogP contribution in [0.2, 0.25) is 5.02 Å². The summed E-state index contributed by atoms with van der Waals surface area (Å²) in [4.78, 5) is 29.2.